The summed E-state index contributed by atoms with van der Waals surface area (Å²) in [5.41, 5.74) is 6.13. The number of hydrogen-bond acceptors (Lipinski definition) is 6. The Morgan fingerprint density at radius 1 is 1.30 bits per heavy atom. The fourth-order valence-corrected chi connectivity index (χ4v) is 1.87. The van der Waals surface area contributed by atoms with Crippen molar-refractivity contribution in [3.05, 3.63) is 18.0 Å². The topological polar surface area (TPSA) is 83.7 Å². The van der Waals surface area contributed by atoms with Crippen molar-refractivity contribution in [2.24, 2.45) is 0 Å². The molecule has 6 nitrogen and oxygen atoms in total. The van der Waals surface area contributed by atoms with Gasteiger partial charge in [0, 0.05) is 11.2 Å². The molecule has 0 unspecified atom stereocenters. The van der Waals surface area contributed by atoms with Crippen LogP contribution in [0.25, 0.3) is 0 Å². The van der Waals surface area contributed by atoms with Crippen LogP contribution < -0.4 is 11.2 Å². The zero-order valence-corrected chi connectivity index (χ0v) is 12.4. The normalized spacial score (nSPS) is 19.9. The second kappa shape index (κ2) is 4.75. The fourth-order valence-electron chi connectivity index (χ4n) is 1.87. The minimum absolute atomic E-state index is 0.173. The fraction of sp³-hybridized carbons (Fsp3) is 0.538. The van der Waals surface area contributed by atoms with E-state index in [1.165, 1.54) is 13.3 Å². The summed E-state index contributed by atoms with van der Waals surface area (Å²) in [5.74, 6) is -0.525. The van der Waals surface area contributed by atoms with Gasteiger partial charge in [0.15, 0.2) is 0 Å². The molecule has 1 saturated heterocycles. The Bertz CT molecular complexity index is 529. The minimum atomic E-state index is -0.633. The van der Waals surface area contributed by atoms with Gasteiger partial charge in [-0.15, -0.1) is 0 Å². The van der Waals surface area contributed by atoms with Crippen LogP contribution in [0.3, 0.4) is 0 Å². The smallest absolute Gasteiger partial charge is 0.464 e. The van der Waals surface area contributed by atoms with Crippen molar-refractivity contribution < 1.29 is 18.8 Å². The molecule has 0 radical (unpaired) electrons. The van der Waals surface area contributed by atoms with Gasteiger partial charge in [0.1, 0.15) is 5.69 Å². The van der Waals surface area contributed by atoms with Crippen molar-refractivity contribution in [2.75, 3.05) is 12.8 Å². The highest BCUT2D eigenvalue weighted by molar-refractivity contribution is 6.63. The molecule has 0 aliphatic carbocycles. The van der Waals surface area contributed by atoms with E-state index in [0.29, 0.717) is 11.2 Å². The summed E-state index contributed by atoms with van der Waals surface area (Å²) >= 11 is 0. The molecule has 1 aromatic heterocycles. The maximum absolute atomic E-state index is 11.5. The van der Waals surface area contributed by atoms with E-state index in [1.54, 1.807) is 6.07 Å². The maximum Gasteiger partial charge on any atom is 0.497 e. The van der Waals surface area contributed by atoms with Crippen molar-refractivity contribution in [1.82, 2.24) is 4.98 Å². The van der Waals surface area contributed by atoms with E-state index in [9.17, 15) is 4.79 Å². The molecule has 0 spiro atoms. The Labute approximate surface area is 118 Å². The third kappa shape index (κ3) is 2.38. The summed E-state index contributed by atoms with van der Waals surface area (Å²) in [4.78, 5) is 15.5. The molecule has 2 rings (SSSR count). The molecule has 1 aromatic rings. The van der Waals surface area contributed by atoms with Crippen LogP contribution in [0.15, 0.2) is 12.3 Å². The van der Waals surface area contributed by atoms with Crippen molar-refractivity contribution in [1.29, 1.82) is 0 Å². The number of carbonyl (C=O) groups excluding carboxylic acids is 1. The second-order valence-corrected chi connectivity index (χ2v) is 5.78. The predicted octanol–water partition coefficient (Wildman–Crippen LogP) is 0.750. The van der Waals surface area contributed by atoms with Gasteiger partial charge in [0.25, 0.3) is 0 Å². The summed E-state index contributed by atoms with van der Waals surface area (Å²) in [7, 11) is 0.667. The van der Waals surface area contributed by atoms with Crippen LogP contribution in [0.5, 0.6) is 0 Å². The third-order valence-electron chi connectivity index (χ3n) is 3.87. The molecule has 2 N–H and O–H groups in total. The Hall–Kier alpha value is -1.60. The quantitative estimate of drug-likeness (QED) is 0.635. The van der Waals surface area contributed by atoms with Gasteiger partial charge < -0.3 is 19.8 Å². The second-order valence-electron chi connectivity index (χ2n) is 5.78. The summed E-state index contributed by atoms with van der Waals surface area (Å²) < 4.78 is 16.5. The first-order valence-electron chi connectivity index (χ1n) is 6.37. The van der Waals surface area contributed by atoms with Gasteiger partial charge in [-0.3, -0.25) is 0 Å². The SMILES string of the molecule is COC(=O)c1cc(B2OC(C)(C)C(C)(C)O2)c(N)cn1. The van der Waals surface area contributed by atoms with Crippen molar-refractivity contribution in [3.63, 3.8) is 0 Å². The van der Waals surface area contributed by atoms with Crippen LogP contribution in [0.1, 0.15) is 38.2 Å². The molecule has 1 aliphatic heterocycles. The molecule has 1 aliphatic rings. The average Bonchev–Trinajstić information content (AvgIpc) is 2.58. The van der Waals surface area contributed by atoms with Gasteiger partial charge in [-0.1, -0.05) is 0 Å². The number of aromatic nitrogens is 1. The number of methoxy groups -OCH3 is 1. The summed E-state index contributed by atoms with van der Waals surface area (Å²) in [6, 6.07) is 1.54. The van der Waals surface area contributed by atoms with Gasteiger partial charge in [-0.25, -0.2) is 9.78 Å². The highest BCUT2D eigenvalue weighted by Crippen LogP contribution is 2.36. The molecule has 2 heterocycles. The van der Waals surface area contributed by atoms with Crippen LogP contribution >= 0.6 is 0 Å². The lowest BCUT2D eigenvalue weighted by molar-refractivity contribution is 0.00578. The molecule has 0 aromatic carbocycles. The molecule has 20 heavy (non-hydrogen) atoms. The van der Waals surface area contributed by atoms with E-state index >= 15 is 0 Å². The van der Waals surface area contributed by atoms with Gasteiger partial charge >= 0.3 is 13.1 Å². The number of esters is 1. The number of pyridine rings is 1. The lowest BCUT2D eigenvalue weighted by atomic mass is 9.78. The molecule has 7 heteroatoms. The zero-order chi connectivity index (χ0) is 15.1. The van der Waals surface area contributed by atoms with Crippen molar-refractivity contribution >= 4 is 24.2 Å². The van der Waals surface area contributed by atoms with Gasteiger partial charge in [-0.2, -0.15) is 0 Å². The van der Waals surface area contributed by atoms with Crippen LogP contribution in [-0.2, 0) is 14.0 Å². The van der Waals surface area contributed by atoms with Crippen LogP contribution in [0, 0.1) is 0 Å². The van der Waals surface area contributed by atoms with Crippen molar-refractivity contribution in [3.8, 4) is 0 Å². The summed E-state index contributed by atoms with van der Waals surface area (Å²) in [5, 5.41) is 0. The van der Waals surface area contributed by atoms with E-state index in [0.717, 1.165) is 0 Å². The molecule has 108 valence electrons. The molecular weight excluding hydrogens is 259 g/mol. The molecule has 0 atom stereocenters. The maximum atomic E-state index is 11.5. The minimum Gasteiger partial charge on any atom is -0.464 e. The molecule has 0 amide bonds. The first-order valence-corrected chi connectivity index (χ1v) is 6.37. The molecule has 0 saturated carbocycles. The average molecular weight is 278 g/mol. The van der Waals surface area contributed by atoms with Crippen molar-refractivity contribution in [2.45, 2.75) is 38.9 Å². The monoisotopic (exact) mass is 278 g/mol. The summed E-state index contributed by atoms with van der Waals surface area (Å²) in [6.45, 7) is 7.80. The lowest BCUT2D eigenvalue weighted by Gasteiger charge is -2.32. The standard InChI is InChI=1S/C13H19BN2O4/c1-12(2)13(3,4)20-14(19-12)8-6-10(11(17)18-5)16-7-9(8)15/h6-7H,15H2,1-5H3. The van der Waals surface area contributed by atoms with E-state index in [4.69, 9.17) is 15.0 Å². The highest BCUT2D eigenvalue weighted by Gasteiger charge is 2.52. The highest BCUT2D eigenvalue weighted by atomic mass is 16.7. The van der Waals surface area contributed by atoms with E-state index in [2.05, 4.69) is 9.72 Å². The Morgan fingerprint density at radius 2 is 1.85 bits per heavy atom. The Kier molecular flexibility index (Phi) is 3.52. The number of anilines is 1. The Morgan fingerprint density at radius 3 is 2.35 bits per heavy atom. The van der Waals surface area contributed by atoms with Gasteiger partial charge in [-0.05, 0) is 33.8 Å². The van der Waals surface area contributed by atoms with E-state index < -0.39 is 24.3 Å². The zero-order valence-electron chi connectivity index (χ0n) is 12.4. The van der Waals surface area contributed by atoms with Gasteiger partial charge in [0.05, 0.1) is 24.5 Å². The Balaban J connectivity index is 2.37. The molecule has 0 bridgehead atoms. The number of nitrogen functional groups attached to an aromatic ring is 1. The number of nitrogens with zero attached hydrogens (tertiary/aromatic N) is 1. The van der Waals surface area contributed by atoms with E-state index in [1.807, 2.05) is 27.7 Å². The third-order valence-corrected chi connectivity index (χ3v) is 3.87. The van der Waals surface area contributed by atoms with Gasteiger partial charge in [0.2, 0.25) is 0 Å². The number of hydrogen-bond donors (Lipinski definition) is 1. The first-order chi connectivity index (χ1) is 9.18. The van der Waals surface area contributed by atoms with Crippen LogP contribution in [-0.4, -0.2) is 36.4 Å². The number of nitrogens with two attached hydrogens (primary N) is 1. The predicted molar refractivity (Wildman–Crippen MR) is 75.7 cm³/mol. The first kappa shape index (κ1) is 14.8. The number of ether oxygens (including phenoxy) is 1. The number of carbonyl (C=O) groups is 1. The largest absolute Gasteiger partial charge is 0.497 e. The molecular formula is C13H19BN2O4. The summed E-state index contributed by atoms with van der Waals surface area (Å²) in [6.07, 6.45) is 1.41. The van der Waals surface area contributed by atoms with Crippen LogP contribution in [0.4, 0.5) is 5.69 Å². The van der Waals surface area contributed by atoms with Crippen LogP contribution in [0.2, 0.25) is 0 Å². The molecule has 1 fully saturated rings. The number of rotatable bonds is 2. The van der Waals surface area contributed by atoms with E-state index in [-0.39, 0.29) is 5.69 Å². The lowest BCUT2D eigenvalue weighted by Crippen LogP contribution is -2.41.